The SMILES string of the molecule is CC(=O)c1ccccc1NC(=O)[C@H](C)OC(=O)c1ccc(C2SCCS2)cc1. The number of amides is 1. The van der Waals surface area contributed by atoms with Crippen molar-refractivity contribution in [1.82, 2.24) is 0 Å². The van der Waals surface area contributed by atoms with Crippen LogP contribution < -0.4 is 5.32 Å². The summed E-state index contributed by atoms with van der Waals surface area (Å²) < 4.78 is 5.70. The molecule has 1 atom stereocenters. The molecule has 1 heterocycles. The molecule has 1 amide bonds. The number of para-hydroxylation sites is 1. The Balaban J connectivity index is 1.60. The maximum atomic E-state index is 12.4. The normalized spacial score (nSPS) is 15.1. The Labute approximate surface area is 172 Å². The zero-order valence-corrected chi connectivity index (χ0v) is 17.3. The topological polar surface area (TPSA) is 72.5 Å². The fourth-order valence-electron chi connectivity index (χ4n) is 2.74. The lowest BCUT2D eigenvalue weighted by molar-refractivity contribution is -0.123. The lowest BCUT2D eigenvalue weighted by Gasteiger charge is -2.15. The van der Waals surface area contributed by atoms with Crippen molar-refractivity contribution in [2.75, 3.05) is 16.8 Å². The van der Waals surface area contributed by atoms with Gasteiger partial charge in [-0.3, -0.25) is 9.59 Å². The molecule has 2 aromatic carbocycles. The molecule has 0 unspecified atom stereocenters. The predicted octanol–water partition coefficient (Wildman–Crippen LogP) is 4.55. The van der Waals surface area contributed by atoms with Crippen molar-refractivity contribution in [3.8, 4) is 0 Å². The number of benzene rings is 2. The number of thioether (sulfide) groups is 2. The van der Waals surface area contributed by atoms with Crippen LogP contribution in [0.5, 0.6) is 0 Å². The molecular weight excluding hydrogens is 394 g/mol. The number of rotatable bonds is 6. The summed E-state index contributed by atoms with van der Waals surface area (Å²) in [6.45, 7) is 2.94. The average Bonchev–Trinajstić information content (AvgIpc) is 3.23. The molecule has 5 nitrogen and oxygen atoms in total. The van der Waals surface area contributed by atoms with Crippen LogP contribution >= 0.6 is 23.5 Å². The molecule has 2 aromatic rings. The Morgan fingerprint density at radius 1 is 1.04 bits per heavy atom. The number of nitrogens with one attached hydrogen (secondary N) is 1. The van der Waals surface area contributed by atoms with Crippen molar-refractivity contribution in [2.45, 2.75) is 24.5 Å². The van der Waals surface area contributed by atoms with Gasteiger partial charge in [0.05, 0.1) is 15.8 Å². The first kappa shape index (κ1) is 20.5. The van der Waals surface area contributed by atoms with E-state index in [1.54, 1.807) is 36.4 Å². The number of anilines is 1. The molecule has 0 bridgehead atoms. The molecule has 1 fully saturated rings. The number of ether oxygens (including phenoxy) is 1. The second-order valence-electron chi connectivity index (χ2n) is 6.33. The minimum absolute atomic E-state index is 0.153. The van der Waals surface area contributed by atoms with Crippen molar-refractivity contribution in [2.24, 2.45) is 0 Å². The Kier molecular flexibility index (Phi) is 6.80. The van der Waals surface area contributed by atoms with Crippen LogP contribution in [0.15, 0.2) is 48.5 Å². The van der Waals surface area contributed by atoms with Crippen molar-refractivity contribution in [3.05, 3.63) is 65.2 Å². The molecule has 1 saturated heterocycles. The summed E-state index contributed by atoms with van der Waals surface area (Å²) in [5.74, 6) is 1.08. The standard InChI is InChI=1S/C21H21NO4S2/c1-13(23)17-5-3-4-6-18(17)22-19(24)14(2)26-20(25)15-7-9-16(10-8-15)21-27-11-12-28-21/h3-10,14,21H,11-12H2,1-2H3,(H,22,24)/t14-/m0/s1. The molecule has 0 radical (unpaired) electrons. The maximum Gasteiger partial charge on any atom is 0.338 e. The van der Waals surface area contributed by atoms with Crippen LogP contribution in [-0.2, 0) is 9.53 Å². The molecule has 1 aliphatic heterocycles. The number of hydrogen-bond donors (Lipinski definition) is 1. The summed E-state index contributed by atoms with van der Waals surface area (Å²) in [5, 5.41) is 2.65. The minimum atomic E-state index is -0.992. The first-order valence-electron chi connectivity index (χ1n) is 8.90. The third-order valence-electron chi connectivity index (χ3n) is 4.26. The number of esters is 1. The average molecular weight is 416 g/mol. The molecule has 1 N–H and O–H groups in total. The number of Topliss-reactive ketones (excluding diaryl/α,β-unsaturated/α-hetero) is 1. The first-order valence-corrected chi connectivity index (χ1v) is 11.0. The molecule has 0 saturated carbocycles. The molecule has 3 rings (SSSR count). The van der Waals surface area contributed by atoms with E-state index >= 15 is 0 Å². The van der Waals surface area contributed by atoms with Crippen molar-refractivity contribution < 1.29 is 19.1 Å². The fourth-order valence-corrected chi connectivity index (χ4v) is 5.60. The summed E-state index contributed by atoms with van der Waals surface area (Å²) in [4.78, 5) is 36.4. The van der Waals surface area contributed by atoms with Gasteiger partial charge in [0.15, 0.2) is 11.9 Å². The molecule has 7 heteroatoms. The highest BCUT2D eigenvalue weighted by atomic mass is 32.2. The van der Waals surface area contributed by atoms with Crippen LogP contribution in [0.25, 0.3) is 0 Å². The van der Waals surface area contributed by atoms with Crippen LogP contribution in [0, 0.1) is 0 Å². The van der Waals surface area contributed by atoms with Gasteiger partial charge in [-0.25, -0.2) is 4.79 Å². The van der Waals surface area contributed by atoms with Crippen molar-refractivity contribution >= 4 is 46.9 Å². The number of ketones is 1. The molecule has 0 aliphatic carbocycles. The van der Waals surface area contributed by atoms with E-state index in [-0.39, 0.29) is 5.78 Å². The van der Waals surface area contributed by atoms with E-state index in [1.165, 1.54) is 19.4 Å². The summed E-state index contributed by atoms with van der Waals surface area (Å²) in [6.07, 6.45) is -0.992. The van der Waals surface area contributed by atoms with E-state index in [1.807, 2.05) is 35.7 Å². The van der Waals surface area contributed by atoms with Gasteiger partial charge in [0.2, 0.25) is 0 Å². The van der Waals surface area contributed by atoms with E-state index < -0.39 is 18.0 Å². The maximum absolute atomic E-state index is 12.4. The van der Waals surface area contributed by atoms with Crippen molar-refractivity contribution in [1.29, 1.82) is 0 Å². The lowest BCUT2D eigenvalue weighted by atomic mass is 10.1. The monoisotopic (exact) mass is 415 g/mol. The molecule has 1 aliphatic rings. The number of hydrogen-bond acceptors (Lipinski definition) is 6. The van der Waals surface area contributed by atoms with Gasteiger partial charge in [0.1, 0.15) is 0 Å². The second kappa shape index (κ2) is 9.30. The Hall–Kier alpha value is -2.25. The number of carbonyl (C=O) groups is 3. The predicted molar refractivity (Wildman–Crippen MR) is 114 cm³/mol. The van der Waals surface area contributed by atoms with Gasteiger partial charge in [-0.2, -0.15) is 0 Å². The summed E-state index contributed by atoms with van der Waals surface area (Å²) in [5.41, 5.74) is 2.39. The third kappa shape index (κ3) is 4.97. The van der Waals surface area contributed by atoms with Crippen molar-refractivity contribution in [3.63, 3.8) is 0 Å². The van der Waals surface area contributed by atoms with E-state index in [9.17, 15) is 14.4 Å². The summed E-state index contributed by atoms with van der Waals surface area (Å²) >= 11 is 3.80. The Morgan fingerprint density at radius 2 is 1.68 bits per heavy atom. The summed E-state index contributed by atoms with van der Waals surface area (Å²) in [7, 11) is 0. The van der Waals surface area contributed by atoms with E-state index in [2.05, 4.69) is 5.32 Å². The molecule has 0 spiro atoms. The highest BCUT2D eigenvalue weighted by Crippen LogP contribution is 2.45. The molecular formula is C21H21NO4S2. The lowest BCUT2D eigenvalue weighted by Crippen LogP contribution is -2.30. The van der Waals surface area contributed by atoms with Gasteiger partial charge in [-0.1, -0.05) is 24.3 Å². The Morgan fingerprint density at radius 3 is 2.32 bits per heavy atom. The quantitative estimate of drug-likeness (QED) is 0.551. The highest BCUT2D eigenvalue weighted by Gasteiger charge is 2.22. The van der Waals surface area contributed by atoms with E-state index in [4.69, 9.17) is 4.74 Å². The minimum Gasteiger partial charge on any atom is -0.449 e. The van der Waals surface area contributed by atoms with Gasteiger partial charge in [-0.05, 0) is 43.7 Å². The van der Waals surface area contributed by atoms with Crippen LogP contribution in [0.4, 0.5) is 5.69 Å². The van der Waals surface area contributed by atoms with Gasteiger partial charge in [-0.15, -0.1) is 23.5 Å². The smallest absolute Gasteiger partial charge is 0.338 e. The van der Waals surface area contributed by atoms with Crippen LogP contribution in [0.1, 0.15) is 44.7 Å². The van der Waals surface area contributed by atoms with Gasteiger partial charge in [0.25, 0.3) is 5.91 Å². The molecule has 0 aromatic heterocycles. The van der Waals surface area contributed by atoms with Gasteiger partial charge >= 0.3 is 5.97 Å². The zero-order valence-electron chi connectivity index (χ0n) is 15.6. The fraction of sp³-hybridized carbons (Fsp3) is 0.286. The summed E-state index contributed by atoms with van der Waals surface area (Å²) in [6, 6.07) is 14.0. The second-order valence-corrected chi connectivity index (χ2v) is 9.06. The van der Waals surface area contributed by atoms with Gasteiger partial charge in [0, 0.05) is 17.1 Å². The van der Waals surface area contributed by atoms with E-state index in [0.29, 0.717) is 21.4 Å². The van der Waals surface area contributed by atoms with Crippen LogP contribution in [-0.4, -0.2) is 35.3 Å². The highest BCUT2D eigenvalue weighted by molar-refractivity contribution is 8.19. The van der Waals surface area contributed by atoms with Gasteiger partial charge < -0.3 is 10.1 Å². The zero-order chi connectivity index (χ0) is 20.1. The third-order valence-corrected chi connectivity index (χ3v) is 7.36. The van der Waals surface area contributed by atoms with Crippen LogP contribution in [0.3, 0.4) is 0 Å². The van der Waals surface area contributed by atoms with Crippen LogP contribution in [0.2, 0.25) is 0 Å². The molecule has 28 heavy (non-hydrogen) atoms. The van der Waals surface area contributed by atoms with E-state index in [0.717, 1.165) is 11.5 Å². The molecule has 146 valence electrons. The number of carbonyl (C=O) groups excluding carboxylic acids is 3. The largest absolute Gasteiger partial charge is 0.449 e. The first-order chi connectivity index (χ1) is 13.5. The Bertz CT molecular complexity index is 876.